The van der Waals surface area contributed by atoms with Gasteiger partial charge in [0.05, 0.1) is 17.8 Å². The minimum absolute atomic E-state index is 0.234. The van der Waals surface area contributed by atoms with E-state index in [-0.39, 0.29) is 6.54 Å². The van der Waals surface area contributed by atoms with Crippen LogP contribution < -0.4 is 15.5 Å². The van der Waals surface area contributed by atoms with Crippen LogP contribution in [0.5, 0.6) is 5.75 Å². The second kappa shape index (κ2) is 11.3. The molecule has 0 spiro atoms. The second-order valence-electron chi connectivity index (χ2n) is 7.17. The molecule has 1 aromatic heterocycles. The van der Waals surface area contributed by atoms with E-state index in [0.29, 0.717) is 22.3 Å². The van der Waals surface area contributed by atoms with E-state index in [2.05, 4.69) is 31.8 Å². The summed E-state index contributed by atoms with van der Waals surface area (Å²) in [5.41, 5.74) is 4.20. The minimum atomic E-state index is -0.463. The van der Waals surface area contributed by atoms with Crippen LogP contribution in [-0.2, 0) is 11.4 Å². The first-order valence-electron chi connectivity index (χ1n) is 10.2. The third-order valence-electron chi connectivity index (χ3n) is 4.76. The van der Waals surface area contributed by atoms with E-state index in [1.54, 1.807) is 0 Å². The highest BCUT2D eigenvalue weighted by molar-refractivity contribution is 9.10. The third kappa shape index (κ3) is 6.02. The van der Waals surface area contributed by atoms with Crippen molar-refractivity contribution in [3.05, 3.63) is 98.3 Å². The minimum Gasteiger partial charge on any atom is -0.489 e. The zero-order valence-electron chi connectivity index (χ0n) is 17.8. The second-order valence-corrected chi connectivity index (χ2v) is 9.46. The molecule has 4 aromatic rings. The Morgan fingerprint density at radius 2 is 1.82 bits per heavy atom. The van der Waals surface area contributed by atoms with Crippen LogP contribution in [0.2, 0.25) is 5.02 Å². The van der Waals surface area contributed by atoms with Crippen molar-refractivity contribution in [1.29, 1.82) is 0 Å². The number of nitrogens with one attached hydrogen (secondary N) is 2. The fourth-order valence-electron chi connectivity index (χ4n) is 3.07. The number of benzene rings is 3. The third-order valence-corrected chi connectivity index (χ3v) is 7.16. The number of carbonyl (C=O) groups excluding carboxylic acids is 2. The van der Waals surface area contributed by atoms with E-state index in [1.165, 1.54) is 17.6 Å². The molecular formula is C25H19BrClN3O3S. The van der Waals surface area contributed by atoms with E-state index >= 15 is 0 Å². The van der Waals surface area contributed by atoms with Crippen LogP contribution in [-0.4, -0.2) is 24.6 Å². The molecule has 0 aliphatic rings. The summed E-state index contributed by atoms with van der Waals surface area (Å²) in [5.74, 6) is -0.196. The summed E-state index contributed by atoms with van der Waals surface area (Å²) >= 11 is 11.1. The molecule has 172 valence electrons. The summed E-state index contributed by atoms with van der Waals surface area (Å²) in [7, 11) is 0. The molecule has 34 heavy (non-hydrogen) atoms. The van der Waals surface area contributed by atoms with Gasteiger partial charge in [-0.2, -0.15) is 5.10 Å². The molecule has 0 atom stereocenters. The van der Waals surface area contributed by atoms with Gasteiger partial charge in [0.1, 0.15) is 17.2 Å². The number of hydrogen-bond donors (Lipinski definition) is 2. The molecule has 3 aromatic carbocycles. The molecule has 2 amide bonds. The summed E-state index contributed by atoms with van der Waals surface area (Å²) in [6.07, 6.45) is 1.50. The van der Waals surface area contributed by atoms with Crippen molar-refractivity contribution in [2.24, 2.45) is 5.10 Å². The molecule has 0 bridgehead atoms. The normalized spacial score (nSPS) is 11.0. The van der Waals surface area contributed by atoms with Crippen LogP contribution >= 0.6 is 38.9 Å². The maximum atomic E-state index is 12.5. The van der Waals surface area contributed by atoms with Crippen molar-refractivity contribution in [1.82, 2.24) is 10.7 Å². The van der Waals surface area contributed by atoms with Crippen LogP contribution in [0.1, 0.15) is 20.8 Å². The van der Waals surface area contributed by atoms with Crippen LogP contribution in [0.25, 0.3) is 10.1 Å². The van der Waals surface area contributed by atoms with Gasteiger partial charge in [0, 0.05) is 20.1 Å². The lowest BCUT2D eigenvalue weighted by molar-refractivity contribution is -0.120. The van der Waals surface area contributed by atoms with Crippen molar-refractivity contribution in [3.8, 4) is 5.75 Å². The van der Waals surface area contributed by atoms with Crippen LogP contribution in [0.4, 0.5) is 0 Å². The Kier molecular flexibility index (Phi) is 7.95. The average Bonchev–Trinajstić information content (AvgIpc) is 3.20. The van der Waals surface area contributed by atoms with E-state index in [1.807, 2.05) is 72.8 Å². The van der Waals surface area contributed by atoms with Crippen molar-refractivity contribution in [3.63, 3.8) is 0 Å². The number of thiophene rings is 1. The zero-order chi connectivity index (χ0) is 23.9. The lowest BCUT2D eigenvalue weighted by atomic mass is 10.2. The first kappa shape index (κ1) is 23.9. The van der Waals surface area contributed by atoms with Crippen molar-refractivity contribution in [2.45, 2.75) is 6.61 Å². The molecule has 0 saturated carbocycles. The number of fused-ring (bicyclic) bond motifs is 1. The van der Waals surface area contributed by atoms with E-state index in [9.17, 15) is 9.59 Å². The van der Waals surface area contributed by atoms with Crippen LogP contribution in [0, 0.1) is 0 Å². The molecule has 4 rings (SSSR count). The first-order chi connectivity index (χ1) is 16.5. The molecule has 0 unspecified atom stereocenters. The predicted molar refractivity (Wildman–Crippen MR) is 140 cm³/mol. The standard InChI is InChI=1S/C25H19BrClN3O3S/c26-20-11-10-18(33-15-16-6-2-1-3-7-16)12-17(20)13-29-30-22(31)14-28-25(32)24-23(27)19-8-4-5-9-21(19)34-24/h1-13H,14-15H2,(H,28,32)(H,30,31)/b29-13-. The number of carbonyl (C=O) groups is 2. The van der Waals surface area contributed by atoms with Gasteiger partial charge in [0.25, 0.3) is 11.8 Å². The largest absolute Gasteiger partial charge is 0.489 e. The highest BCUT2D eigenvalue weighted by Gasteiger charge is 2.17. The van der Waals surface area contributed by atoms with E-state index in [0.717, 1.165) is 25.7 Å². The monoisotopic (exact) mass is 555 g/mol. The zero-order valence-corrected chi connectivity index (χ0v) is 20.9. The number of rotatable bonds is 8. The van der Waals surface area contributed by atoms with Crippen molar-refractivity contribution >= 4 is 67.0 Å². The van der Waals surface area contributed by atoms with Crippen LogP contribution in [0.3, 0.4) is 0 Å². The van der Waals surface area contributed by atoms with Gasteiger partial charge < -0.3 is 10.1 Å². The molecular weight excluding hydrogens is 538 g/mol. The van der Waals surface area contributed by atoms with E-state index in [4.69, 9.17) is 16.3 Å². The predicted octanol–water partition coefficient (Wildman–Crippen LogP) is 5.78. The average molecular weight is 557 g/mol. The molecule has 9 heteroatoms. The number of ether oxygens (including phenoxy) is 1. The van der Waals surface area contributed by atoms with Gasteiger partial charge >= 0.3 is 0 Å². The Bertz CT molecular complexity index is 1360. The number of hydrogen-bond acceptors (Lipinski definition) is 5. The lowest BCUT2D eigenvalue weighted by Crippen LogP contribution is -2.34. The van der Waals surface area contributed by atoms with Gasteiger partial charge in [-0.25, -0.2) is 5.43 Å². The smallest absolute Gasteiger partial charge is 0.263 e. The first-order valence-corrected chi connectivity index (χ1v) is 12.2. The van der Waals surface area contributed by atoms with Crippen LogP contribution in [0.15, 0.2) is 82.4 Å². The molecule has 2 N–H and O–H groups in total. The van der Waals surface area contributed by atoms with Gasteiger partial charge in [0.2, 0.25) is 0 Å². The summed E-state index contributed by atoms with van der Waals surface area (Å²) in [4.78, 5) is 25.0. The maximum absolute atomic E-state index is 12.5. The van der Waals surface area contributed by atoms with E-state index < -0.39 is 11.8 Å². The molecule has 0 aliphatic carbocycles. The van der Waals surface area contributed by atoms with Crippen molar-refractivity contribution < 1.29 is 14.3 Å². The molecule has 0 fully saturated rings. The Morgan fingerprint density at radius 1 is 1.06 bits per heavy atom. The van der Waals surface area contributed by atoms with Crippen molar-refractivity contribution in [2.75, 3.05) is 6.54 Å². The maximum Gasteiger partial charge on any atom is 0.263 e. The Morgan fingerprint density at radius 3 is 2.62 bits per heavy atom. The van der Waals surface area contributed by atoms with Gasteiger partial charge in [-0.3, -0.25) is 9.59 Å². The number of amides is 2. The number of hydrazone groups is 1. The summed E-state index contributed by atoms with van der Waals surface area (Å²) in [6, 6.07) is 22.8. The quantitative estimate of drug-likeness (QED) is 0.213. The highest BCUT2D eigenvalue weighted by Crippen LogP contribution is 2.34. The number of nitrogens with zero attached hydrogens (tertiary/aromatic N) is 1. The lowest BCUT2D eigenvalue weighted by Gasteiger charge is -2.08. The summed E-state index contributed by atoms with van der Waals surface area (Å²) < 4.78 is 7.53. The molecule has 0 saturated heterocycles. The molecule has 0 aliphatic heterocycles. The summed E-state index contributed by atoms with van der Waals surface area (Å²) in [5, 5.41) is 7.75. The SMILES string of the molecule is O=C(CNC(=O)c1sc2ccccc2c1Cl)N/N=C\c1cc(OCc2ccccc2)ccc1Br. The van der Waals surface area contributed by atoms with Gasteiger partial charge in [-0.05, 0) is 29.8 Å². The fourth-order valence-corrected chi connectivity index (χ4v) is 4.85. The molecule has 6 nitrogen and oxygen atoms in total. The summed E-state index contributed by atoms with van der Waals surface area (Å²) in [6.45, 7) is 0.210. The molecule has 0 radical (unpaired) electrons. The van der Waals surface area contributed by atoms with Gasteiger partial charge in [-0.1, -0.05) is 76.1 Å². The molecule has 1 heterocycles. The number of halogens is 2. The highest BCUT2D eigenvalue weighted by atomic mass is 79.9. The van der Waals surface area contributed by atoms with Gasteiger partial charge in [-0.15, -0.1) is 11.3 Å². The topological polar surface area (TPSA) is 79.8 Å². The Labute approximate surface area is 213 Å². The fraction of sp³-hybridized carbons (Fsp3) is 0.0800. The Hall–Kier alpha value is -3.20. The van der Waals surface area contributed by atoms with Gasteiger partial charge in [0.15, 0.2) is 0 Å². The Balaban J connectivity index is 1.30.